The summed E-state index contributed by atoms with van der Waals surface area (Å²) in [5.74, 6) is -0.301. The van der Waals surface area contributed by atoms with E-state index < -0.39 is 0 Å². The first-order valence-corrected chi connectivity index (χ1v) is 32.6. The first-order chi connectivity index (χ1) is 36.5. The highest BCUT2D eigenvalue weighted by Crippen LogP contribution is 2.17. The van der Waals surface area contributed by atoms with E-state index in [1.54, 1.807) is 0 Å². The molecule has 0 unspecified atom stereocenters. The predicted octanol–water partition coefficient (Wildman–Crippen LogP) is 18.1. The van der Waals surface area contributed by atoms with Crippen LogP contribution in [0.25, 0.3) is 0 Å². The van der Waals surface area contributed by atoms with E-state index in [0.717, 1.165) is 110 Å². The third kappa shape index (κ3) is 56.9. The van der Waals surface area contributed by atoms with Gasteiger partial charge in [-0.25, -0.2) is 0 Å². The second kappa shape index (κ2) is 62.5. The third-order valence-corrected chi connectivity index (χ3v) is 14.5. The van der Waals surface area contributed by atoms with Gasteiger partial charge < -0.3 is 38.4 Å². The smallest absolute Gasteiger partial charge is 0.305 e. The predicted molar refractivity (Wildman–Crippen MR) is 312 cm³/mol. The zero-order chi connectivity index (χ0) is 53.7. The van der Waals surface area contributed by atoms with Crippen LogP contribution in [-0.4, -0.2) is 100 Å². The van der Waals surface area contributed by atoms with Crippen LogP contribution in [-0.2, 0) is 38.0 Å². The number of nitrogens with zero attached hydrogens (tertiary/aromatic N) is 1. The Balaban J connectivity index is 4.44. The molecular formula is C64H127NO9. The molecule has 0 aromatic carbocycles. The number of hydrogen-bond donors (Lipinski definition) is 1. The number of esters is 2. The molecule has 0 saturated heterocycles. The van der Waals surface area contributed by atoms with Gasteiger partial charge in [-0.05, 0) is 83.8 Å². The van der Waals surface area contributed by atoms with Gasteiger partial charge in [-0.1, -0.05) is 233 Å². The number of aliphatic hydroxyl groups excluding tert-OH is 1. The van der Waals surface area contributed by atoms with Crippen LogP contribution >= 0.6 is 0 Å². The lowest BCUT2D eigenvalue weighted by Gasteiger charge is -2.22. The van der Waals surface area contributed by atoms with Crippen LogP contribution in [0, 0.1) is 0 Å². The van der Waals surface area contributed by atoms with Crippen LogP contribution in [0.4, 0.5) is 0 Å². The maximum atomic E-state index is 12.7. The lowest BCUT2D eigenvalue weighted by molar-refractivity contribution is -0.159. The fraction of sp³-hybridized carbons (Fsp3) is 0.969. The Morgan fingerprint density at radius 3 is 0.811 bits per heavy atom. The normalized spacial score (nSPS) is 11.8. The van der Waals surface area contributed by atoms with Crippen LogP contribution in [0.3, 0.4) is 0 Å². The number of ether oxygens (including phenoxy) is 6. The summed E-state index contributed by atoms with van der Waals surface area (Å²) < 4.78 is 36.0. The van der Waals surface area contributed by atoms with Crippen LogP contribution in [0.5, 0.6) is 0 Å². The molecule has 10 heteroatoms. The lowest BCUT2D eigenvalue weighted by atomic mass is 10.1. The first kappa shape index (κ1) is 72.7. The Morgan fingerprint density at radius 1 is 0.311 bits per heavy atom. The van der Waals surface area contributed by atoms with Gasteiger partial charge in [0.1, 0.15) is 0 Å². The van der Waals surface area contributed by atoms with E-state index >= 15 is 0 Å². The summed E-state index contributed by atoms with van der Waals surface area (Å²) in [6.45, 7) is 16.1. The minimum absolute atomic E-state index is 0.150. The molecule has 0 radical (unpaired) electrons. The second-order valence-corrected chi connectivity index (χ2v) is 21.9. The Kier molecular flexibility index (Phi) is 61.4. The quantitative estimate of drug-likeness (QED) is 0.0359. The average Bonchev–Trinajstić information content (AvgIpc) is 3.40. The molecule has 0 rings (SSSR count). The number of rotatable bonds is 64. The van der Waals surface area contributed by atoms with Crippen molar-refractivity contribution < 1.29 is 43.1 Å². The fourth-order valence-electron chi connectivity index (χ4n) is 9.58. The van der Waals surface area contributed by atoms with E-state index in [4.69, 9.17) is 28.4 Å². The van der Waals surface area contributed by atoms with E-state index in [0.29, 0.717) is 65.3 Å². The van der Waals surface area contributed by atoms with Gasteiger partial charge in [0.05, 0.1) is 26.1 Å². The highest BCUT2D eigenvalue weighted by molar-refractivity contribution is 5.69. The summed E-state index contributed by atoms with van der Waals surface area (Å²) in [6, 6.07) is 0. The van der Waals surface area contributed by atoms with E-state index in [9.17, 15) is 14.7 Å². The number of unbranched alkanes of at least 4 members (excludes halogenated alkanes) is 35. The molecule has 0 aromatic rings. The molecule has 442 valence electrons. The van der Waals surface area contributed by atoms with Crippen molar-refractivity contribution in [2.75, 3.05) is 65.9 Å². The SMILES string of the molecule is CCCCCCCCCCOC(CCC(=O)OCCCCCCN(CCCCO)CCCCCCOC(=O)CCC(OCCCCCCCCCC)OCCCCCCCCCC)OCCCCCCCCCC. The fourth-order valence-corrected chi connectivity index (χ4v) is 9.58. The zero-order valence-electron chi connectivity index (χ0n) is 49.9. The molecule has 0 heterocycles. The van der Waals surface area contributed by atoms with E-state index in [2.05, 4.69) is 32.6 Å². The van der Waals surface area contributed by atoms with Crippen molar-refractivity contribution in [1.82, 2.24) is 4.90 Å². The van der Waals surface area contributed by atoms with Crippen LogP contribution in [0.2, 0.25) is 0 Å². The summed E-state index contributed by atoms with van der Waals surface area (Å²) in [7, 11) is 0. The van der Waals surface area contributed by atoms with Gasteiger partial charge in [-0.2, -0.15) is 0 Å². The van der Waals surface area contributed by atoms with Gasteiger partial charge in [-0.15, -0.1) is 0 Å². The average molecular weight is 1050 g/mol. The molecule has 74 heavy (non-hydrogen) atoms. The number of carbonyl (C=O) groups excluding carboxylic acids is 2. The molecular weight excluding hydrogens is 927 g/mol. The molecule has 0 fully saturated rings. The molecule has 0 amide bonds. The Hall–Kier alpha value is -1.30. The van der Waals surface area contributed by atoms with Crippen molar-refractivity contribution in [2.45, 2.75) is 336 Å². The third-order valence-electron chi connectivity index (χ3n) is 14.5. The van der Waals surface area contributed by atoms with E-state index in [-0.39, 0.29) is 31.1 Å². The number of aliphatic hydroxyl groups is 1. The topological polar surface area (TPSA) is 113 Å². The summed E-state index contributed by atoms with van der Waals surface area (Å²) in [5, 5.41) is 9.40. The largest absolute Gasteiger partial charge is 0.466 e. The highest BCUT2D eigenvalue weighted by Gasteiger charge is 2.15. The van der Waals surface area contributed by atoms with Crippen molar-refractivity contribution in [2.24, 2.45) is 0 Å². The summed E-state index contributed by atoms with van der Waals surface area (Å²) >= 11 is 0. The minimum Gasteiger partial charge on any atom is -0.466 e. The van der Waals surface area contributed by atoms with Gasteiger partial charge in [0, 0.05) is 45.9 Å². The summed E-state index contributed by atoms with van der Waals surface area (Å²) in [6.07, 6.45) is 51.8. The maximum absolute atomic E-state index is 12.7. The maximum Gasteiger partial charge on any atom is 0.305 e. The standard InChI is InChI=1S/C64H127NO9/c1-5-9-13-17-21-25-31-43-57-71-63(72-58-44-32-26-22-18-14-10-6-2)49-47-61(67)69-55-41-35-29-37-51-65(53-39-40-54-66)52-38-30-36-42-56-70-62(68)48-50-64(73-59-45-33-27-23-19-15-11-7-3)74-60-46-34-28-24-20-16-12-8-4/h63-64,66H,5-60H2,1-4H3. The van der Waals surface area contributed by atoms with Crippen molar-refractivity contribution >= 4 is 11.9 Å². The van der Waals surface area contributed by atoms with Gasteiger partial charge in [0.25, 0.3) is 0 Å². The molecule has 0 aliphatic heterocycles. The first-order valence-electron chi connectivity index (χ1n) is 32.6. The second-order valence-electron chi connectivity index (χ2n) is 21.9. The molecule has 0 atom stereocenters. The molecule has 0 saturated carbocycles. The van der Waals surface area contributed by atoms with Crippen molar-refractivity contribution in [3.8, 4) is 0 Å². The molecule has 1 N–H and O–H groups in total. The van der Waals surface area contributed by atoms with Gasteiger partial charge in [0.2, 0.25) is 0 Å². The number of carbonyl (C=O) groups is 2. The van der Waals surface area contributed by atoms with Gasteiger partial charge in [0.15, 0.2) is 12.6 Å². The van der Waals surface area contributed by atoms with Crippen LogP contribution in [0.15, 0.2) is 0 Å². The summed E-state index contributed by atoms with van der Waals surface area (Å²) in [5.41, 5.74) is 0. The van der Waals surface area contributed by atoms with Crippen LogP contribution in [0.1, 0.15) is 323 Å². The molecule has 0 aliphatic carbocycles. The summed E-state index contributed by atoms with van der Waals surface area (Å²) in [4.78, 5) is 28.0. The molecule has 0 aromatic heterocycles. The van der Waals surface area contributed by atoms with Gasteiger partial charge in [-0.3, -0.25) is 9.59 Å². The molecule has 0 bridgehead atoms. The highest BCUT2D eigenvalue weighted by atomic mass is 16.7. The van der Waals surface area contributed by atoms with E-state index in [1.807, 2.05) is 0 Å². The molecule has 0 spiro atoms. The molecule has 0 aliphatic rings. The molecule has 10 nitrogen and oxygen atoms in total. The monoisotopic (exact) mass is 1050 g/mol. The lowest BCUT2D eigenvalue weighted by Crippen LogP contribution is -2.27. The van der Waals surface area contributed by atoms with Crippen molar-refractivity contribution in [3.63, 3.8) is 0 Å². The minimum atomic E-state index is -0.333. The van der Waals surface area contributed by atoms with Gasteiger partial charge >= 0.3 is 11.9 Å². The Bertz CT molecular complexity index is 975. The number of hydrogen-bond acceptors (Lipinski definition) is 10. The zero-order valence-corrected chi connectivity index (χ0v) is 49.9. The Morgan fingerprint density at radius 2 is 0.541 bits per heavy atom. The Labute approximate surface area is 459 Å². The van der Waals surface area contributed by atoms with E-state index in [1.165, 1.54) is 180 Å². The van der Waals surface area contributed by atoms with Crippen molar-refractivity contribution in [3.05, 3.63) is 0 Å². The van der Waals surface area contributed by atoms with Crippen molar-refractivity contribution in [1.29, 1.82) is 0 Å². The van der Waals surface area contributed by atoms with Crippen LogP contribution < -0.4 is 0 Å².